The number of benzene rings is 1. The molecule has 1 aromatic rings. The summed E-state index contributed by atoms with van der Waals surface area (Å²) in [6, 6.07) is 3.96. The Hall–Kier alpha value is -1.53. The van der Waals surface area contributed by atoms with Crippen LogP contribution in [0.5, 0.6) is 0 Å². The van der Waals surface area contributed by atoms with Crippen molar-refractivity contribution in [3.63, 3.8) is 0 Å². The van der Waals surface area contributed by atoms with E-state index in [9.17, 15) is 18.7 Å². The molecule has 2 aliphatic rings. The summed E-state index contributed by atoms with van der Waals surface area (Å²) < 4.78 is 27.1. The van der Waals surface area contributed by atoms with Gasteiger partial charge in [-0.2, -0.15) is 0 Å². The van der Waals surface area contributed by atoms with E-state index in [4.69, 9.17) is 0 Å². The fourth-order valence-electron chi connectivity index (χ4n) is 3.55. The minimum Gasteiger partial charge on any atom is -0.379 e. The highest BCUT2D eigenvalue weighted by atomic mass is 19.2. The average molecular weight is 324 g/mol. The maximum atomic E-state index is 13.8. The van der Waals surface area contributed by atoms with E-state index in [0.717, 1.165) is 32.0 Å². The molecule has 1 amide bonds. The van der Waals surface area contributed by atoms with Gasteiger partial charge in [0.2, 0.25) is 0 Å². The molecule has 0 bridgehead atoms. The number of hydrogen-bond donors (Lipinski definition) is 1. The van der Waals surface area contributed by atoms with Crippen LogP contribution in [0.15, 0.2) is 18.2 Å². The maximum Gasteiger partial charge on any atom is 0.256 e. The molecular formula is C17H22F2N2O2. The molecule has 0 spiro atoms. The van der Waals surface area contributed by atoms with Crippen LogP contribution in [0.4, 0.5) is 8.78 Å². The van der Waals surface area contributed by atoms with Crippen molar-refractivity contribution >= 4 is 5.91 Å². The number of carbonyl (C=O) groups excluding carboxylic acids is 1. The van der Waals surface area contributed by atoms with Crippen molar-refractivity contribution < 1.29 is 18.7 Å². The van der Waals surface area contributed by atoms with Crippen LogP contribution in [0.25, 0.3) is 0 Å². The van der Waals surface area contributed by atoms with Crippen LogP contribution in [0.3, 0.4) is 0 Å². The van der Waals surface area contributed by atoms with E-state index >= 15 is 0 Å². The smallest absolute Gasteiger partial charge is 0.256 e. The van der Waals surface area contributed by atoms with Crippen LogP contribution in [-0.4, -0.2) is 52.6 Å². The lowest BCUT2D eigenvalue weighted by Gasteiger charge is -2.40. The van der Waals surface area contributed by atoms with Crippen LogP contribution >= 0.6 is 0 Å². The lowest BCUT2D eigenvalue weighted by molar-refractivity contribution is -0.160. The van der Waals surface area contributed by atoms with Gasteiger partial charge in [-0.15, -0.1) is 0 Å². The normalized spacial score (nSPS) is 26.0. The average Bonchev–Trinajstić information content (AvgIpc) is 3.01. The van der Waals surface area contributed by atoms with Gasteiger partial charge in [0.25, 0.3) is 5.91 Å². The molecule has 0 radical (unpaired) electrons. The monoisotopic (exact) mass is 324 g/mol. The fraction of sp³-hybridized carbons (Fsp3) is 0.588. The number of carbonyl (C=O) groups is 1. The van der Waals surface area contributed by atoms with E-state index in [0.29, 0.717) is 25.9 Å². The highest BCUT2D eigenvalue weighted by Crippen LogP contribution is 2.27. The molecular weight excluding hydrogens is 302 g/mol. The summed E-state index contributed by atoms with van der Waals surface area (Å²) in [6.45, 7) is 2.57. The van der Waals surface area contributed by atoms with Crippen molar-refractivity contribution in [2.75, 3.05) is 26.2 Å². The third-order valence-electron chi connectivity index (χ3n) is 4.78. The van der Waals surface area contributed by atoms with E-state index in [1.54, 1.807) is 0 Å². The highest BCUT2D eigenvalue weighted by Gasteiger charge is 2.43. The first kappa shape index (κ1) is 16.3. The Kier molecular flexibility index (Phi) is 4.64. The molecule has 1 atom stereocenters. The molecule has 2 aliphatic heterocycles. The second-order valence-corrected chi connectivity index (χ2v) is 6.56. The lowest BCUT2D eigenvalue weighted by atomic mass is 9.90. The van der Waals surface area contributed by atoms with Crippen LogP contribution in [0.2, 0.25) is 0 Å². The maximum absolute atomic E-state index is 13.8. The molecule has 126 valence electrons. The molecule has 2 saturated heterocycles. The number of likely N-dealkylation sites (tertiary alicyclic amines) is 2. The Morgan fingerprint density at radius 1 is 1.13 bits per heavy atom. The van der Waals surface area contributed by atoms with Crippen molar-refractivity contribution in [3.05, 3.63) is 35.4 Å². The second kappa shape index (κ2) is 6.53. The standard InChI is InChI=1S/C17H22F2N2O2/c18-14-6-3-5-13(15(14)19)11-21-10-4-7-17(23,16(21)22)12-20-8-1-2-9-20/h3,5-6,23H,1-2,4,7-12H2. The van der Waals surface area contributed by atoms with Crippen LogP contribution in [0.1, 0.15) is 31.2 Å². The molecule has 0 saturated carbocycles. The SMILES string of the molecule is O=C1N(Cc2cccc(F)c2F)CCCC1(O)CN1CCCC1. The van der Waals surface area contributed by atoms with Crippen LogP contribution < -0.4 is 0 Å². The number of β-amino-alcohol motifs (C(OH)–C–C–N with tert-alkyl or cyclic N) is 1. The van der Waals surface area contributed by atoms with Crippen molar-refractivity contribution in [3.8, 4) is 0 Å². The summed E-state index contributed by atoms with van der Waals surface area (Å²) >= 11 is 0. The van der Waals surface area contributed by atoms with E-state index in [2.05, 4.69) is 4.90 Å². The first-order valence-electron chi connectivity index (χ1n) is 8.17. The van der Waals surface area contributed by atoms with E-state index in [1.807, 2.05) is 0 Å². The lowest BCUT2D eigenvalue weighted by Crippen LogP contribution is -2.58. The summed E-state index contributed by atoms with van der Waals surface area (Å²) in [4.78, 5) is 16.2. The van der Waals surface area contributed by atoms with Gasteiger partial charge in [-0.1, -0.05) is 12.1 Å². The van der Waals surface area contributed by atoms with Crippen molar-refractivity contribution in [2.24, 2.45) is 0 Å². The quantitative estimate of drug-likeness (QED) is 0.920. The molecule has 4 nitrogen and oxygen atoms in total. The van der Waals surface area contributed by atoms with Crippen molar-refractivity contribution in [1.29, 1.82) is 0 Å². The summed E-state index contributed by atoms with van der Waals surface area (Å²) in [7, 11) is 0. The minimum atomic E-state index is -1.41. The van der Waals surface area contributed by atoms with Gasteiger partial charge in [-0.3, -0.25) is 9.69 Å². The van der Waals surface area contributed by atoms with Gasteiger partial charge in [0, 0.05) is 25.2 Å². The zero-order chi connectivity index (χ0) is 16.4. The molecule has 6 heteroatoms. The molecule has 2 heterocycles. The molecule has 1 N–H and O–H groups in total. The second-order valence-electron chi connectivity index (χ2n) is 6.56. The number of nitrogens with zero attached hydrogens (tertiary/aromatic N) is 2. The predicted molar refractivity (Wildman–Crippen MR) is 81.6 cm³/mol. The topological polar surface area (TPSA) is 43.8 Å². The van der Waals surface area contributed by atoms with Crippen molar-refractivity contribution in [1.82, 2.24) is 9.80 Å². The number of halogens is 2. The summed E-state index contributed by atoms with van der Waals surface area (Å²) in [6.07, 6.45) is 3.25. The number of amides is 1. The van der Waals surface area contributed by atoms with Crippen LogP contribution in [0, 0.1) is 11.6 Å². The van der Waals surface area contributed by atoms with Gasteiger partial charge < -0.3 is 10.0 Å². The number of hydrogen-bond acceptors (Lipinski definition) is 3. The Bertz CT molecular complexity index is 590. The Morgan fingerprint density at radius 3 is 2.61 bits per heavy atom. The highest BCUT2D eigenvalue weighted by molar-refractivity contribution is 5.86. The molecule has 0 aromatic heterocycles. The Balaban J connectivity index is 1.72. The minimum absolute atomic E-state index is 0.00919. The molecule has 23 heavy (non-hydrogen) atoms. The number of piperidine rings is 1. The Labute approximate surface area is 134 Å². The van der Waals surface area contributed by atoms with Gasteiger partial charge in [-0.25, -0.2) is 8.78 Å². The molecule has 1 unspecified atom stereocenters. The van der Waals surface area contributed by atoms with Gasteiger partial charge in [0.05, 0.1) is 0 Å². The predicted octanol–water partition coefficient (Wildman–Crippen LogP) is 1.91. The first-order valence-corrected chi connectivity index (χ1v) is 8.17. The Morgan fingerprint density at radius 2 is 1.87 bits per heavy atom. The van der Waals surface area contributed by atoms with Crippen molar-refractivity contribution in [2.45, 2.75) is 37.8 Å². The van der Waals surface area contributed by atoms with Gasteiger partial charge in [0.1, 0.15) is 0 Å². The van der Waals surface area contributed by atoms with Crippen LogP contribution in [-0.2, 0) is 11.3 Å². The van der Waals surface area contributed by atoms with E-state index in [-0.39, 0.29) is 18.0 Å². The molecule has 3 rings (SSSR count). The van der Waals surface area contributed by atoms with Gasteiger partial charge in [-0.05, 0) is 44.8 Å². The summed E-state index contributed by atoms with van der Waals surface area (Å²) in [5.41, 5.74) is -1.27. The summed E-state index contributed by atoms with van der Waals surface area (Å²) in [5.74, 6) is -2.22. The van der Waals surface area contributed by atoms with E-state index in [1.165, 1.54) is 17.0 Å². The molecule has 0 aliphatic carbocycles. The fourth-order valence-corrected chi connectivity index (χ4v) is 3.55. The van der Waals surface area contributed by atoms with E-state index < -0.39 is 17.2 Å². The zero-order valence-corrected chi connectivity index (χ0v) is 13.1. The van der Waals surface area contributed by atoms with Gasteiger partial charge >= 0.3 is 0 Å². The number of rotatable bonds is 4. The molecule has 1 aromatic carbocycles. The largest absolute Gasteiger partial charge is 0.379 e. The molecule has 2 fully saturated rings. The van der Waals surface area contributed by atoms with Gasteiger partial charge in [0.15, 0.2) is 17.2 Å². The first-order chi connectivity index (χ1) is 11.0. The third kappa shape index (κ3) is 3.38. The third-order valence-corrected chi connectivity index (χ3v) is 4.78. The zero-order valence-electron chi connectivity index (χ0n) is 13.1. The number of aliphatic hydroxyl groups is 1. The summed E-state index contributed by atoms with van der Waals surface area (Å²) in [5, 5.41) is 10.8.